The summed E-state index contributed by atoms with van der Waals surface area (Å²) in [5, 5.41) is 17.0. The average molecular weight is 290 g/mol. The fourth-order valence-electron chi connectivity index (χ4n) is 1.99. The topological polar surface area (TPSA) is 114 Å². The van der Waals surface area contributed by atoms with Gasteiger partial charge in [-0.2, -0.15) is 5.10 Å². The van der Waals surface area contributed by atoms with Crippen LogP contribution in [0.25, 0.3) is 0 Å². The minimum atomic E-state index is -0.735. The average Bonchev–Trinajstić information content (AvgIpc) is 2.48. The summed E-state index contributed by atoms with van der Waals surface area (Å²) in [6.45, 7) is 0.583. The number of non-ortho nitro benzene ring substituents is 1. The van der Waals surface area contributed by atoms with E-state index in [1.54, 1.807) is 6.07 Å². The molecule has 2 N–H and O–H groups in total. The lowest BCUT2D eigenvalue weighted by molar-refractivity contribution is -0.384. The number of hydrogen-bond donors (Lipinski definition) is 2. The maximum absolute atomic E-state index is 11.8. The van der Waals surface area contributed by atoms with Gasteiger partial charge in [-0.25, -0.2) is 5.43 Å². The highest BCUT2D eigenvalue weighted by Crippen LogP contribution is 2.12. The van der Waals surface area contributed by atoms with Gasteiger partial charge in [0.2, 0.25) is 5.91 Å². The van der Waals surface area contributed by atoms with Crippen LogP contribution in [0.1, 0.15) is 18.4 Å². The number of carbonyl (C=O) groups is 2. The van der Waals surface area contributed by atoms with Crippen molar-refractivity contribution in [3.8, 4) is 0 Å². The van der Waals surface area contributed by atoms with Crippen molar-refractivity contribution in [2.75, 3.05) is 6.54 Å². The van der Waals surface area contributed by atoms with Gasteiger partial charge in [-0.3, -0.25) is 19.7 Å². The Bertz CT molecular complexity index is 600. The third-order valence-corrected chi connectivity index (χ3v) is 3.07. The Kier molecular flexibility index (Phi) is 4.60. The molecule has 0 saturated carbocycles. The molecule has 2 rings (SSSR count). The van der Waals surface area contributed by atoms with Crippen LogP contribution in [0.4, 0.5) is 5.69 Å². The molecule has 1 saturated heterocycles. The van der Waals surface area contributed by atoms with Gasteiger partial charge in [-0.05, 0) is 12.8 Å². The van der Waals surface area contributed by atoms with E-state index in [0.717, 1.165) is 6.42 Å². The van der Waals surface area contributed by atoms with Crippen LogP contribution < -0.4 is 10.7 Å². The second-order valence-corrected chi connectivity index (χ2v) is 4.57. The zero-order chi connectivity index (χ0) is 15.2. The number of rotatable bonds is 4. The molecule has 0 radical (unpaired) electrons. The van der Waals surface area contributed by atoms with Crippen LogP contribution in [-0.2, 0) is 9.59 Å². The zero-order valence-corrected chi connectivity index (χ0v) is 11.1. The van der Waals surface area contributed by atoms with Crippen LogP contribution in [0.15, 0.2) is 29.4 Å². The number of nitrogens with zero attached hydrogens (tertiary/aromatic N) is 2. The van der Waals surface area contributed by atoms with Gasteiger partial charge in [0.05, 0.1) is 11.1 Å². The third-order valence-electron chi connectivity index (χ3n) is 3.07. The van der Waals surface area contributed by atoms with Crippen molar-refractivity contribution in [2.45, 2.75) is 12.8 Å². The van der Waals surface area contributed by atoms with Crippen LogP contribution in [0.2, 0.25) is 0 Å². The molecule has 0 bridgehead atoms. The van der Waals surface area contributed by atoms with Gasteiger partial charge in [0.1, 0.15) is 5.92 Å². The van der Waals surface area contributed by atoms with E-state index >= 15 is 0 Å². The highest BCUT2D eigenvalue weighted by Gasteiger charge is 2.28. The van der Waals surface area contributed by atoms with Crippen molar-refractivity contribution in [3.05, 3.63) is 39.9 Å². The molecule has 2 amide bonds. The van der Waals surface area contributed by atoms with E-state index in [2.05, 4.69) is 15.8 Å². The highest BCUT2D eigenvalue weighted by molar-refractivity contribution is 6.00. The first-order chi connectivity index (χ1) is 10.1. The van der Waals surface area contributed by atoms with Gasteiger partial charge in [-0.15, -0.1) is 0 Å². The Hall–Kier alpha value is -2.77. The van der Waals surface area contributed by atoms with Gasteiger partial charge in [0.15, 0.2) is 0 Å². The quantitative estimate of drug-likeness (QED) is 0.365. The van der Waals surface area contributed by atoms with Gasteiger partial charge < -0.3 is 5.32 Å². The molecular formula is C13H14N4O4. The van der Waals surface area contributed by atoms with E-state index in [4.69, 9.17) is 0 Å². The Morgan fingerprint density at radius 1 is 1.52 bits per heavy atom. The number of nitro groups is 1. The fourth-order valence-corrected chi connectivity index (χ4v) is 1.99. The molecule has 1 aromatic rings. The van der Waals surface area contributed by atoms with Crippen molar-refractivity contribution in [3.63, 3.8) is 0 Å². The van der Waals surface area contributed by atoms with Gasteiger partial charge in [0, 0.05) is 24.2 Å². The molecule has 0 aromatic heterocycles. The van der Waals surface area contributed by atoms with E-state index in [1.165, 1.54) is 24.4 Å². The molecule has 8 nitrogen and oxygen atoms in total. The molecule has 110 valence electrons. The Labute approximate surface area is 120 Å². The van der Waals surface area contributed by atoms with E-state index in [1.807, 2.05) is 0 Å². The van der Waals surface area contributed by atoms with E-state index < -0.39 is 16.7 Å². The number of amides is 2. The summed E-state index contributed by atoms with van der Waals surface area (Å²) in [5.41, 5.74) is 2.71. The van der Waals surface area contributed by atoms with Crippen LogP contribution >= 0.6 is 0 Å². The number of carbonyl (C=O) groups excluding carboxylic acids is 2. The molecule has 1 aromatic carbocycles. The molecule has 1 fully saturated rings. The van der Waals surface area contributed by atoms with Crippen LogP contribution in [0.3, 0.4) is 0 Å². The second kappa shape index (κ2) is 6.60. The minimum absolute atomic E-state index is 0.0584. The minimum Gasteiger partial charge on any atom is -0.355 e. The molecule has 8 heteroatoms. The Morgan fingerprint density at radius 3 is 3.05 bits per heavy atom. The van der Waals surface area contributed by atoms with Gasteiger partial charge in [0.25, 0.3) is 11.6 Å². The number of hydrogen-bond acceptors (Lipinski definition) is 5. The summed E-state index contributed by atoms with van der Waals surface area (Å²) in [6, 6.07) is 5.84. The van der Waals surface area contributed by atoms with Crippen LogP contribution in [0, 0.1) is 16.0 Å². The zero-order valence-electron chi connectivity index (χ0n) is 11.1. The van der Waals surface area contributed by atoms with Gasteiger partial charge in [-0.1, -0.05) is 12.1 Å². The molecule has 0 spiro atoms. The molecule has 0 aliphatic carbocycles. The predicted octanol–water partition coefficient (Wildman–Crippen LogP) is 0.571. The smallest absolute Gasteiger partial charge is 0.270 e. The summed E-state index contributed by atoms with van der Waals surface area (Å²) in [5.74, 6) is -1.51. The van der Waals surface area contributed by atoms with E-state index in [0.29, 0.717) is 18.5 Å². The number of piperidine rings is 1. The Balaban J connectivity index is 1.95. The van der Waals surface area contributed by atoms with Gasteiger partial charge >= 0.3 is 0 Å². The largest absolute Gasteiger partial charge is 0.355 e. The lowest BCUT2D eigenvalue weighted by Gasteiger charge is -2.19. The summed E-state index contributed by atoms with van der Waals surface area (Å²) in [7, 11) is 0. The number of nitrogens with one attached hydrogen (secondary N) is 2. The summed E-state index contributed by atoms with van der Waals surface area (Å²) in [6.07, 6.45) is 2.54. The van der Waals surface area contributed by atoms with Crippen LogP contribution in [-0.4, -0.2) is 29.5 Å². The monoisotopic (exact) mass is 290 g/mol. The van der Waals surface area contributed by atoms with Crippen molar-refractivity contribution in [1.82, 2.24) is 10.7 Å². The second-order valence-electron chi connectivity index (χ2n) is 4.57. The van der Waals surface area contributed by atoms with Crippen molar-refractivity contribution >= 4 is 23.7 Å². The normalized spacial score (nSPS) is 18.3. The van der Waals surface area contributed by atoms with Crippen LogP contribution in [0.5, 0.6) is 0 Å². The maximum Gasteiger partial charge on any atom is 0.270 e. The first-order valence-corrected chi connectivity index (χ1v) is 6.43. The molecule has 1 atom stereocenters. The number of hydrazone groups is 1. The van der Waals surface area contributed by atoms with Crippen molar-refractivity contribution in [1.29, 1.82) is 0 Å². The lowest BCUT2D eigenvalue weighted by atomic mass is 9.98. The van der Waals surface area contributed by atoms with Crippen molar-refractivity contribution in [2.24, 2.45) is 11.0 Å². The third kappa shape index (κ3) is 3.85. The lowest BCUT2D eigenvalue weighted by Crippen LogP contribution is -2.43. The van der Waals surface area contributed by atoms with E-state index in [9.17, 15) is 19.7 Å². The molecule has 1 heterocycles. The molecule has 1 aliphatic rings. The predicted molar refractivity (Wildman–Crippen MR) is 74.6 cm³/mol. The maximum atomic E-state index is 11.8. The highest BCUT2D eigenvalue weighted by atomic mass is 16.6. The first-order valence-electron chi connectivity index (χ1n) is 6.43. The standard InChI is InChI=1S/C13H14N4O4/c18-12-11(5-2-6-14-12)13(19)16-15-8-9-3-1-4-10(7-9)17(20)21/h1,3-4,7-8,11H,2,5-6H2,(H,14,18)(H,16,19)/b15-8-/t11-/m1/s1. The first kappa shape index (κ1) is 14.6. The molecule has 0 unspecified atom stereocenters. The number of benzene rings is 1. The SMILES string of the molecule is O=C1NCCC[C@H]1C(=O)N/N=C\c1cccc([N+](=O)[O-])c1. The number of nitro benzene ring substituents is 1. The molecule has 21 heavy (non-hydrogen) atoms. The Morgan fingerprint density at radius 2 is 2.33 bits per heavy atom. The van der Waals surface area contributed by atoms with Crippen molar-refractivity contribution < 1.29 is 14.5 Å². The summed E-state index contributed by atoms with van der Waals surface area (Å²) >= 11 is 0. The summed E-state index contributed by atoms with van der Waals surface area (Å²) in [4.78, 5) is 33.4. The molecule has 1 aliphatic heterocycles. The summed E-state index contributed by atoms with van der Waals surface area (Å²) < 4.78 is 0. The molecular weight excluding hydrogens is 276 g/mol. The fraction of sp³-hybridized carbons (Fsp3) is 0.308. The van der Waals surface area contributed by atoms with E-state index in [-0.39, 0.29) is 11.6 Å².